The van der Waals surface area contributed by atoms with Crippen molar-refractivity contribution in [3.8, 4) is 0 Å². The average Bonchev–Trinajstić information content (AvgIpc) is 3.63. The third-order valence-corrected chi connectivity index (χ3v) is 5.14. The fourth-order valence-corrected chi connectivity index (χ4v) is 2.76. The van der Waals surface area contributed by atoms with E-state index in [2.05, 4.69) is 30.6 Å². The summed E-state index contributed by atoms with van der Waals surface area (Å²) >= 11 is 2.83. The number of ether oxygens (including phenoxy) is 1. The Morgan fingerprint density at radius 3 is 2.03 bits per heavy atom. The first kappa shape index (κ1) is 26.4. The van der Waals surface area contributed by atoms with E-state index >= 15 is 0 Å². The van der Waals surface area contributed by atoms with E-state index in [4.69, 9.17) is 26.6 Å². The highest BCUT2D eigenvalue weighted by molar-refractivity contribution is 9.10. The summed E-state index contributed by atoms with van der Waals surface area (Å²) in [6.07, 6.45) is 3.73. The highest BCUT2D eigenvalue weighted by Gasteiger charge is 2.33. The average molecular weight is 531 g/mol. The third kappa shape index (κ3) is 7.61. The summed E-state index contributed by atoms with van der Waals surface area (Å²) in [4.78, 5) is 29.0. The Labute approximate surface area is 196 Å². The number of carboxylic acid groups (broad SMARTS) is 1. The topological polar surface area (TPSA) is 182 Å². The van der Waals surface area contributed by atoms with E-state index in [1.165, 1.54) is 7.11 Å². The van der Waals surface area contributed by atoms with Gasteiger partial charge in [0, 0.05) is 18.1 Å². The van der Waals surface area contributed by atoms with Crippen LogP contribution in [0.25, 0.3) is 0 Å². The Kier molecular flexibility index (Phi) is 9.08. The Balaban J connectivity index is 0.000000188. The van der Waals surface area contributed by atoms with Gasteiger partial charge in [-0.3, -0.25) is 0 Å². The molecule has 0 bridgehead atoms. The first-order valence-electron chi connectivity index (χ1n) is 9.71. The molecular formula is C19H22BBrF2N4O6. The van der Waals surface area contributed by atoms with Gasteiger partial charge in [-0.25, -0.2) is 28.3 Å². The highest BCUT2D eigenvalue weighted by atomic mass is 79.9. The van der Waals surface area contributed by atoms with Crippen molar-refractivity contribution in [2.24, 2.45) is 0 Å². The predicted molar refractivity (Wildman–Crippen MR) is 118 cm³/mol. The SMILES string of the molecule is COC(=O)c1nc(Br)c(F)cc1N.Nc1cc(F)c(C2CC2)nc1C(=O)O.OB(O)C1CC1. The van der Waals surface area contributed by atoms with E-state index in [1.54, 1.807) is 0 Å². The number of carboxylic acids is 1. The van der Waals surface area contributed by atoms with Gasteiger partial charge in [0.25, 0.3) is 0 Å². The molecule has 14 heteroatoms. The van der Waals surface area contributed by atoms with Gasteiger partial charge in [-0.1, -0.05) is 12.8 Å². The fraction of sp³-hybridized carbons (Fsp3) is 0.368. The lowest BCUT2D eigenvalue weighted by atomic mass is 9.84. The van der Waals surface area contributed by atoms with Gasteiger partial charge >= 0.3 is 19.1 Å². The summed E-state index contributed by atoms with van der Waals surface area (Å²) in [6.45, 7) is 0. The Hall–Kier alpha value is -2.84. The molecule has 0 atom stereocenters. The van der Waals surface area contributed by atoms with Crippen LogP contribution in [0.3, 0.4) is 0 Å². The zero-order valence-electron chi connectivity index (χ0n) is 17.5. The largest absolute Gasteiger partial charge is 0.476 e. The van der Waals surface area contributed by atoms with Crippen molar-refractivity contribution in [1.82, 2.24) is 9.97 Å². The van der Waals surface area contributed by atoms with Gasteiger partial charge in [0.05, 0.1) is 24.2 Å². The first-order valence-corrected chi connectivity index (χ1v) is 10.5. The van der Waals surface area contributed by atoms with Gasteiger partial charge in [0.2, 0.25) is 0 Å². The van der Waals surface area contributed by atoms with E-state index < -0.39 is 30.7 Å². The lowest BCUT2D eigenvalue weighted by molar-refractivity contribution is 0.0594. The van der Waals surface area contributed by atoms with E-state index in [-0.39, 0.29) is 44.8 Å². The minimum Gasteiger partial charge on any atom is -0.476 e. The lowest BCUT2D eigenvalue weighted by Gasteiger charge is -2.04. The maximum atomic E-state index is 13.2. The van der Waals surface area contributed by atoms with Crippen molar-refractivity contribution in [1.29, 1.82) is 0 Å². The van der Waals surface area contributed by atoms with Crippen molar-refractivity contribution >= 4 is 46.4 Å². The zero-order valence-corrected chi connectivity index (χ0v) is 19.1. The van der Waals surface area contributed by atoms with Crippen LogP contribution in [-0.2, 0) is 4.74 Å². The number of carbonyl (C=O) groups excluding carboxylic acids is 1. The number of hydrogen-bond acceptors (Lipinski definition) is 9. The molecular weight excluding hydrogens is 509 g/mol. The summed E-state index contributed by atoms with van der Waals surface area (Å²) in [5.74, 6) is -2.75. The first-order chi connectivity index (χ1) is 15.5. The molecule has 2 heterocycles. The minimum absolute atomic E-state index is 0.0486. The number of carbonyl (C=O) groups is 2. The van der Waals surface area contributed by atoms with Gasteiger partial charge in [0.15, 0.2) is 17.2 Å². The monoisotopic (exact) mass is 530 g/mol. The quantitative estimate of drug-likeness (QED) is 0.223. The second-order valence-corrected chi connectivity index (χ2v) is 8.07. The molecule has 2 aromatic rings. The number of aromatic nitrogens is 2. The molecule has 7 N–H and O–H groups in total. The molecule has 0 aliphatic heterocycles. The Morgan fingerprint density at radius 2 is 1.61 bits per heavy atom. The second-order valence-electron chi connectivity index (χ2n) is 7.31. The smallest absolute Gasteiger partial charge is 0.454 e. The maximum Gasteiger partial charge on any atom is 0.454 e. The van der Waals surface area contributed by atoms with Gasteiger partial charge in [-0.05, 0) is 34.6 Å². The Morgan fingerprint density at radius 1 is 1.06 bits per heavy atom. The van der Waals surface area contributed by atoms with Gasteiger partial charge in [-0.15, -0.1) is 0 Å². The number of methoxy groups -OCH3 is 1. The molecule has 33 heavy (non-hydrogen) atoms. The molecule has 0 saturated heterocycles. The number of halogens is 3. The number of nitrogens with two attached hydrogens (primary N) is 2. The van der Waals surface area contributed by atoms with Crippen LogP contribution < -0.4 is 11.5 Å². The van der Waals surface area contributed by atoms with Gasteiger partial charge < -0.3 is 31.4 Å². The highest BCUT2D eigenvalue weighted by Crippen LogP contribution is 2.40. The van der Waals surface area contributed by atoms with Crippen molar-refractivity contribution in [3.05, 3.63) is 45.5 Å². The molecule has 2 aliphatic carbocycles. The maximum absolute atomic E-state index is 13.2. The summed E-state index contributed by atoms with van der Waals surface area (Å²) in [5, 5.41) is 25.2. The number of rotatable bonds is 4. The van der Waals surface area contributed by atoms with E-state index in [1.807, 2.05) is 0 Å². The van der Waals surface area contributed by atoms with Crippen molar-refractivity contribution in [3.63, 3.8) is 0 Å². The van der Waals surface area contributed by atoms with Crippen LogP contribution in [0.5, 0.6) is 0 Å². The molecule has 2 saturated carbocycles. The molecule has 0 amide bonds. The van der Waals surface area contributed by atoms with Crippen LogP contribution >= 0.6 is 15.9 Å². The fourth-order valence-electron chi connectivity index (χ4n) is 2.47. The van der Waals surface area contributed by atoms with Crippen LogP contribution in [0, 0.1) is 11.6 Å². The van der Waals surface area contributed by atoms with Crippen molar-refractivity contribution in [2.75, 3.05) is 18.6 Å². The number of hydrogen-bond donors (Lipinski definition) is 5. The number of esters is 1. The number of pyridine rings is 2. The third-order valence-electron chi connectivity index (χ3n) is 4.58. The van der Waals surface area contributed by atoms with Crippen LogP contribution in [0.15, 0.2) is 16.7 Å². The second kappa shape index (κ2) is 11.3. The summed E-state index contributed by atoms with van der Waals surface area (Å²) in [7, 11) is 0.158. The van der Waals surface area contributed by atoms with Crippen molar-refractivity contribution in [2.45, 2.75) is 37.4 Å². The van der Waals surface area contributed by atoms with Crippen LogP contribution in [-0.4, -0.2) is 51.3 Å². The summed E-state index contributed by atoms with van der Waals surface area (Å²) < 4.78 is 30.4. The molecule has 4 rings (SSSR count). The Bertz CT molecular complexity index is 1040. The van der Waals surface area contributed by atoms with E-state index in [0.29, 0.717) is 0 Å². The number of nitrogen functional groups attached to an aromatic ring is 2. The molecule has 0 unspecified atom stereocenters. The van der Waals surface area contributed by atoms with Gasteiger partial charge in [-0.2, -0.15) is 0 Å². The molecule has 2 fully saturated rings. The molecule has 2 aliphatic rings. The van der Waals surface area contributed by atoms with E-state index in [9.17, 15) is 18.4 Å². The zero-order chi connectivity index (χ0) is 24.9. The van der Waals surface area contributed by atoms with Crippen LogP contribution in [0.1, 0.15) is 58.3 Å². The number of nitrogens with zero attached hydrogens (tertiary/aromatic N) is 2. The standard InChI is InChI=1S/C9H9FN2O2.C7H6BrFN2O2.C3H7BO2/c10-5-3-6(11)8(9(13)14)12-7(5)4-1-2-4;1-13-7(12)5-4(10)2-3(9)6(8)11-5;5-4(6)3-1-2-3/h3-4H,1-2,11H2,(H,13,14);2H,10H2,1H3;3,5-6H,1-2H2. The minimum atomic E-state index is -1.22. The molecule has 0 radical (unpaired) electrons. The summed E-state index contributed by atoms with van der Waals surface area (Å²) in [6, 6.07) is 2.04. The van der Waals surface area contributed by atoms with E-state index in [0.717, 1.165) is 37.8 Å². The van der Waals surface area contributed by atoms with Crippen LogP contribution in [0.4, 0.5) is 20.2 Å². The van der Waals surface area contributed by atoms with Crippen LogP contribution in [0.2, 0.25) is 5.82 Å². The van der Waals surface area contributed by atoms with Crippen molar-refractivity contribution < 1.29 is 38.3 Å². The normalized spacial score (nSPS) is 14.2. The lowest BCUT2D eigenvalue weighted by Crippen LogP contribution is -2.09. The predicted octanol–water partition coefficient (Wildman–Crippen LogP) is 2.35. The molecule has 2 aromatic heterocycles. The molecule has 0 aromatic carbocycles. The number of aromatic carboxylic acids is 1. The number of anilines is 2. The molecule has 0 spiro atoms. The molecule has 10 nitrogen and oxygen atoms in total. The summed E-state index contributed by atoms with van der Waals surface area (Å²) in [5.41, 5.74) is 10.4. The molecule has 178 valence electrons. The van der Waals surface area contributed by atoms with Gasteiger partial charge in [0.1, 0.15) is 10.4 Å².